The summed E-state index contributed by atoms with van der Waals surface area (Å²) in [6.45, 7) is 6.42. The highest BCUT2D eigenvalue weighted by Crippen LogP contribution is 2.39. The van der Waals surface area contributed by atoms with Crippen molar-refractivity contribution in [2.75, 3.05) is 30.0 Å². The van der Waals surface area contributed by atoms with Crippen molar-refractivity contribution in [2.45, 2.75) is 38.9 Å². The highest BCUT2D eigenvalue weighted by atomic mass is 19.4. The van der Waals surface area contributed by atoms with Crippen LogP contribution in [0.2, 0.25) is 0 Å². The SMILES string of the molecule is C=CC(=O)N1CCc2cccc(-c3c(CC)n(CC(=O)Nc4ccc(C(F)(F)F)cc4)c4nc(C5=CCOCC5)nn4c3=O)c21. The number of hydrogen-bond acceptors (Lipinski definition) is 6. The van der Waals surface area contributed by atoms with E-state index in [1.807, 2.05) is 25.1 Å². The lowest BCUT2D eigenvalue weighted by Crippen LogP contribution is -2.30. The zero-order valence-electron chi connectivity index (χ0n) is 24.4. The average molecular weight is 619 g/mol. The Balaban J connectivity index is 1.51. The van der Waals surface area contributed by atoms with E-state index in [0.29, 0.717) is 61.8 Å². The van der Waals surface area contributed by atoms with Gasteiger partial charge in [0.05, 0.1) is 30.0 Å². The number of ether oxygens (including phenoxy) is 1. The van der Waals surface area contributed by atoms with E-state index in [4.69, 9.17) is 4.74 Å². The van der Waals surface area contributed by atoms with Crippen molar-refractivity contribution < 1.29 is 27.5 Å². The molecule has 45 heavy (non-hydrogen) atoms. The van der Waals surface area contributed by atoms with E-state index in [-0.39, 0.29) is 29.5 Å². The van der Waals surface area contributed by atoms with Gasteiger partial charge in [-0.25, -0.2) is 0 Å². The molecule has 6 rings (SSSR count). The maximum atomic E-state index is 14.3. The average Bonchev–Trinajstić information content (AvgIpc) is 3.68. The normalized spacial score (nSPS) is 14.8. The number of benzene rings is 2. The fourth-order valence-electron chi connectivity index (χ4n) is 5.85. The molecule has 232 valence electrons. The first-order valence-corrected chi connectivity index (χ1v) is 14.4. The van der Waals surface area contributed by atoms with Crippen molar-refractivity contribution in [1.29, 1.82) is 0 Å². The Morgan fingerprint density at radius 3 is 2.58 bits per heavy atom. The van der Waals surface area contributed by atoms with Gasteiger partial charge in [0.1, 0.15) is 6.54 Å². The number of rotatable bonds is 7. The molecule has 0 fully saturated rings. The Bertz CT molecular complexity index is 1920. The van der Waals surface area contributed by atoms with Crippen molar-refractivity contribution in [2.24, 2.45) is 0 Å². The number of fused-ring (bicyclic) bond motifs is 2. The molecule has 10 nitrogen and oxygen atoms in total. The third-order valence-corrected chi connectivity index (χ3v) is 7.94. The molecule has 1 N–H and O–H groups in total. The van der Waals surface area contributed by atoms with E-state index in [1.165, 1.54) is 22.7 Å². The predicted octanol–water partition coefficient (Wildman–Crippen LogP) is 4.66. The Morgan fingerprint density at radius 1 is 1.13 bits per heavy atom. The number of halogens is 3. The fraction of sp³-hybridized carbons (Fsp3) is 0.281. The predicted molar refractivity (Wildman–Crippen MR) is 162 cm³/mol. The lowest BCUT2D eigenvalue weighted by molar-refractivity contribution is -0.137. The number of para-hydroxylation sites is 1. The summed E-state index contributed by atoms with van der Waals surface area (Å²) in [4.78, 5) is 46.8. The highest BCUT2D eigenvalue weighted by molar-refractivity contribution is 6.06. The minimum absolute atomic E-state index is 0.136. The summed E-state index contributed by atoms with van der Waals surface area (Å²) in [6.07, 6.45) is 0.00918. The molecule has 2 aromatic heterocycles. The highest BCUT2D eigenvalue weighted by Gasteiger charge is 2.32. The van der Waals surface area contributed by atoms with Crippen molar-refractivity contribution in [3.63, 3.8) is 0 Å². The van der Waals surface area contributed by atoms with Gasteiger partial charge in [0.15, 0.2) is 5.82 Å². The number of nitrogens with zero attached hydrogens (tertiary/aromatic N) is 5. The smallest absolute Gasteiger partial charge is 0.377 e. The van der Waals surface area contributed by atoms with Gasteiger partial charge < -0.3 is 19.5 Å². The third-order valence-electron chi connectivity index (χ3n) is 7.94. The maximum absolute atomic E-state index is 14.3. The number of amides is 2. The largest absolute Gasteiger partial charge is 0.416 e. The van der Waals surface area contributed by atoms with E-state index in [2.05, 4.69) is 22.0 Å². The number of alkyl halides is 3. The van der Waals surface area contributed by atoms with E-state index < -0.39 is 23.2 Å². The van der Waals surface area contributed by atoms with Gasteiger partial charge in [-0.1, -0.05) is 37.8 Å². The van der Waals surface area contributed by atoms with Gasteiger partial charge >= 0.3 is 6.18 Å². The molecule has 0 unspecified atom stereocenters. The second kappa shape index (κ2) is 11.8. The first-order valence-electron chi connectivity index (χ1n) is 14.4. The molecule has 0 bridgehead atoms. The topological polar surface area (TPSA) is 111 Å². The van der Waals surface area contributed by atoms with Crippen LogP contribution in [0.5, 0.6) is 0 Å². The van der Waals surface area contributed by atoms with Crippen molar-refractivity contribution in [1.82, 2.24) is 19.2 Å². The monoisotopic (exact) mass is 618 g/mol. The van der Waals surface area contributed by atoms with Crippen LogP contribution in [0, 0.1) is 0 Å². The molecule has 0 saturated heterocycles. The standard InChI is InChI=1S/C32H29F3N6O4/c1-3-24-27(23-7-5-6-19-12-15-39(28(19)23)26(43)4-2)30(44)41-31(37-29(38-41)20-13-16-45-17-14-20)40(24)18-25(42)36-22-10-8-21(9-11-22)32(33,34)35/h4-11,13H,2-3,12,14-18H2,1H3,(H,36,42). The molecule has 2 amide bonds. The van der Waals surface area contributed by atoms with Crippen LogP contribution >= 0.6 is 0 Å². The Hall–Kier alpha value is -5.04. The van der Waals surface area contributed by atoms with Crippen LogP contribution in [-0.4, -0.2) is 50.7 Å². The van der Waals surface area contributed by atoms with Crippen LogP contribution in [0.15, 0.2) is 66.0 Å². The summed E-state index contributed by atoms with van der Waals surface area (Å²) in [6, 6.07) is 9.63. The van der Waals surface area contributed by atoms with E-state index in [1.54, 1.807) is 15.5 Å². The van der Waals surface area contributed by atoms with Crippen LogP contribution in [0.3, 0.4) is 0 Å². The van der Waals surface area contributed by atoms with Gasteiger partial charge in [-0.15, -0.1) is 5.10 Å². The van der Waals surface area contributed by atoms with Crippen LogP contribution in [0.4, 0.5) is 24.5 Å². The maximum Gasteiger partial charge on any atom is 0.416 e. The van der Waals surface area contributed by atoms with Crippen molar-refractivity contribution >= 4 is 34.5 Å². The molecule has 13 heteroatoms. The molecule has 4 aromatic rings. The second-order valence-corrected chi connectivity index (χ2v) is 10.6. The molecular formula is C32H29F3N6O4. The van der Waals surface area contributed by atoms with Crippen LogP contribution < -0.4 is 15.8 Å². The van der Waals surface area contributed by atoms with E-state index in [9.17, 15) is 27.6 Å². The van der Waals surface area contributed by atoms with Gasteiger partial charge in [0.2, 0.25) is 17.6 Å². The zero-order chi connectivity index (χ0) is 31.9. The number of nitrogens with one attached hydrogen (secondary N) is 1. The summed E-state index contributed by atoms with van der Waals surface area (Å²) >= 11 is 0. The molecule has 0 atom stereocenters. The number of carbonyl (C=O) groups excluding carboxylic acids is 2. The van der Waals surface area contributed by atoms with Crippen LogP contribution in [-0.2, 0) is 39.9 Å². The molecular weight excluding hydrogens is 589 g/mol. The van der Waals surface area contributed by atoms with Crippen molar-refractivity contribution in [3.8, 4) is 11.1 Å². The minimum atomic E-state index is -4.51. The molecule has 2 aromatic carbocycles. The Morgan fingerprint density at radius 2 is 1.91 bits per heavy atom. The molecule has 0 aliphatic carbocycles. The summed E-state index contributed by atoms with van der Waals surface area (Å²) in [5.41, 5.74) is 2.45. The van der Waals surface area contributed by atoms with Gasteiger partial charge in [-0.05, 0) is 60.7 Å². The molecule has 4 heterocycles. The first kappa shape index (κ1) is 30.0. The quantitative estimate of drug-likeness (QED) is 0.302. The first-order chi connectivity index (χ1) is 21.6. The second-order valence-electron chi connectivity index (χ2n) is 10.6. The summed E-state index contributed by atoms with van der Waals surface area (Å²) in [5.74, 6) is -0.381. The van der Waals surface area contributed by atoms with Crippen molar-refractivity contribution in [3.05, 3.63) is 94.2 Å². The summed E-state index contributed by atoms with van der Waals surface area (Å²) < 4.78 is 47.3. The number of hydrogen-bond donors (Lipinski definition) is 1. The number of carbonyl (C=O) groups is 2. The molecule has 0 spiro atoms. The minimum Gasteiger partial charge on any atom is -0.377 e. The summed E-state index contributed by atoms with van der Waals surface area (Å²) in [7, 11) is 0. The molecule has 0 saturated carbocycles. The molecule has 2 aliphatic heterocycles. The van der Waals surface area contributed by atoms with E-state index in [0.717, 1.165) is 23.3 Å². The van der Waals surface area contributed by atoms with E-state index >= 15 is 0 Å². The summed E-state index contributed by atoms with van der Waals surface area (Å²) in [5, 5.41) is 7.21. The Kier molecular flexibility index (Phi) is 7.87. The lowest BCUT2D eigenvalue weighted by atomic mass is 9.98. The molecule has 2 aliphatic rings. The van der Waals surface area contributed by atoms with Crippen LogP contribution in [0.25, 0.3) is 22.5 Å². The third kappa shape index (κ3) is 5.55. The van der Waals surface area contributed by atoms with Gasteiger partial charge in [-0.3, -0.25) is 14.4 Å². The molecule has 0 radical (unpaired) electrons. The lowest BCUT2D eigenvalue weighted by Gasteiger charge is -2.22. The van der Waals surface area contributed by atoms with Crippen LogP contribution in [0.1, 0.15) is 36.0 Å². The fourth-order valence-corrected chi connectivity index (χ4v) is 5.85. The number of anilines is 2. The van der Waals surface area contributed by atoms with Gasteiger partial charge in [-0.2, -0.15) is 22.7 Å². The zero-order valence-corrected chi connectivity index (χ0v) is 24.4. The van der Waals surface area contributed by atoms with Gasteiger partial charge in [0, 0.05) is 23.5 Å². The Labute approximate surface area is 255 Å². The number of aromatic nitrogens is 4. The van der Waals surface area contributed by atoms with Gasteiger partial charge in [0.25, 0.3) is 5.56 Å².